The molecule has 0 unspecified atom stereocenters. The van der Waals surface area contributed by atoms with Crippen LogP contribution in [0.1, 0.15) is 27.0 Å². The van der Waals surface area contributed by atoms with Crippen LogP contribution in [-0.4, -0.2) is 12.1 Å². The second-order valence-electron chi connectivity index (χ2n) is 4.51. The Labute approximate surface area is 129 Å². The zero-order valence-corrected chi connectivity index (χ0v) is 11.6. The minimum absolute atomic E-state index is 0.0564. The number of hydrazone groups is 1. The molecule has 0 saturated carbocycles. The fraction of sp³-hybridized carbons (Fsp3) is 0.0625. The molecule has 7 heteroatoms. The van der Waals surface area contributed by atoms with Crippen molar-refractivity contribution >= 4 is 12.1 Å². The van der Waals surface area contributed by atoms with E-state index in [0.717, 1.165) is 24.3 Å². The highest BCUT2D eigenvalue weighted by Gasteiger charge is 2.30. The van der Waals surface area contributed by atoms with Crippen LogP contribution in [0, 0.1) is 11.3 Å². The highest BCUT2D eigenvalue weighted by atomic mass is 19.4. The van der Waals surface area contributed by atoms with Crippen molar-refractivity contribution in [3.63, 3.8) is 0 Å². The fourth-order valence-corrected chi connectivity index (χ4v) is 1.73. The number of rotatable bonds is 3. The molecule has 4 nitrogen and oxygen atoms in total. The molecule has 0 radical (unpaired) electrons. The first-order chi connectivity index (χ1) is 10.9. The molecule has 0 heterocycles. The number of benzene rings is 2. The molecule has 23 heavy (non-hydrogen) atoms. The molecular formula is C16H10F3N3O. The van der Waals surface area contributed by atoms with Gasteiger partial charge in [0.2, 0.25) is 0 Å². The molecule has 2 aromatic rings. The van der Waals surface area contributed by atoms with E-state index in [1.807, 2.05) is 6.07 Å². The van der Waals surface area contributed by atoms with Gasteiger partial charge in [-0.3, -0.25) is 4.79 Å². The Morgan fingerprint density at radius 2 is 1.87 bits per heavy atom. The van der Waals surface area contributed by atoms with Gasteiger partial charge in [-0.2, -0.15) is 23.5 Å². The molecule has 0 atom stereocenters. The van der Waals surface area contributed by atoms with Crippen molar-refractivity contribution in [2.75, 3.05) is 0 Å². The van der Waals surface area contributed by atoms with E-state index in [9.17, 15) is 18.0 Å². The van der Waals surface area contributed by atoms with E-state index in [2.05, 4.69) is 10.5 Å². The van der Waals surface area contributed by atoms with E-state index < -0.39 is 17.6 Å². The number of nitrogens with zero attached hydrogens (tertiary/aromatic N) is 2. The van der Waals surface area contributed by atoms with Gasteiger partial charge in [-0.15, -0.1) is 0 Å². The van der Waals surface area contributed by atoms with Crippen LogP contribution in [0.15, 0.2) is 53.6 Å². The van der Waals surface area contributed by atoms with Crippen LogP contribution in [0.3, 0.4) is 0 Å². The number of nitrogens with one attached hydrogen (secondary N) is 1. The van der Waals surface area contributed by atoms with E-state index in [4.69, 9.17) is 5.26 Å². The second-order valence-corrected chi connectivity index (χ2v) is 4.51. The van der Waals surface area contributed by atoms with Crippen molar-refractivity contribution in [1.29, 1.82) is 5.26 Å². The first-order valence-corrected chi connectivity index (χ1v) is 6.41. The Morgan fingerprint density at radius 3 is 2.48 bits per heavy atom. The van der Waals surface area contributed by atoms with Gasteiger partial charge in [-0.1, -0.05) is 12.1 Å². The van der Waals surface area contributed by atoms with Gasteiger partial charge in [0.25, 0.3) is 5.91 Å². The molecule has 0 aliphatic carbocycles. The zero-order valence-electron chi connectivity index (χ0n) is 11.6. The number of halogens is 3. The number of hydrogen-bond acceptors (Lipinski definition) is 3. The minimum atomic E-state index is -4.45. The lowest BCUT2D eigenvalue weighted by Gasteiger charge is -2.06. The molecule has 0 bridgehead atoms. The number of nitriles is 1. The summed E-state index contributed by atoms with van der Waals surface area (Å²) in [6.07, 6.45) is -3.11. The van der Waals surface area contributed by atoms with Gasteiger partial charge in [0, 0.05) is 5.56 Å². The molecule has 0 aliphatic heterocycles. The van der Waals surface area contributed by atoms with E-state index >= 15 is 0 Å². The number of carbonyl (C=O) groups excluding carboxylic acids is 1. The Hall–Kier alpha value is -3.14. The fourth-order valence-electron chi connectivity index (χ4n) is 1.73. The second kappa shape index (κ2) is 6.75. The number of carbonyl (C=O) groups is 1. The molecular weight excluding hydrogens is 307 g/mol. The lowest BCUT2D eigenvalue weighted by Crippen LogP contribution is -2.18. The van der Waals surface area contributed by atoms with Gasteiger partial charge in [0.1, 0.15) is 0 Å². The van der Waals surface area contributed by atoms with Crippen LogP contribution >= 0.6 is 0 Å². The van der Waals surface area contributed by atoms with Crippen LogP contribution in [0.5, 0.6) is 0 Å². The Balaban J connectivity index is 2.02. The first kappa shape index (κ1) is 16.2. The Morgan fingerprint density at radius 1 is 1.17 bits per heavy atom. The summed E-state index contributed by atoms with van der Waals surface area (Å²) < 4.78 is 37.3. The molecule has 116 valence electrons. The average Bonchev–Trinajstić information content (AvgIpc) is 2.54. The van der Waals surface area contributed by atoms with E-state index in [1.165, 1.54) is 6.21 Å². The zero-order chi connectivity index (χ0) is 16.9. The third-order valence-corrected chi connectivity index (χ3v) is 2.87. The molecule has 2 aromatic carbocycles. The molecule has 2 rings (SSSR count). The van der Waals surface area contributed by atoms with Crippen LogP contribution in [0.2, 0.25) is 0 Å². The summed E-state index contributed by atoms with van der Waals surface area (Å²) >= 11 is 0. The molecule has 1 amide bonds. The van der Waals surface area contributed by atoms with Crippen LogP contribution in [0.4, 0.5) is 13.2 Å². The van der Waals surface area contributed by atoms with Gasteiger partial charge in [0.15, 0.2) is 0 Å². The average molecular weight is 317 g/mol. The largest absolute Gasteiger partial charge is 0.416 e. The van der Waals surface area contributed by atoms with Gasteiger partial charge in [-0.25, -0.2) is 5.43 Å². The van der Waals surface area contributed by atoms with E-state index in [0.29, 0.717) is 11.1 Å². The van der Waals surface area contributed by atoms with Crippen molar-refractivity contribution in [3.8, 4) is 6.07 Å². The maximum Gasteiger partial charge on any atom is 0.416 e. The summed E-state index contributed by atoms with van der Waals surface area (Å²) in [6, 6.07) is 12.3. The Kier molecular flexibility index (Phi) is 4.76. The van der Waals surface area contributed by atoms with Crippen LogP contribution in [-0.2, 0) is 6.18 Å². The van der Waals surface area contributed by atoms with Gasteiger partial charge < -0.3 is 0 Å². The van der Waals surface area contributed by atoms with Crippen molar-refractivity contribution in [2.24, 2.45) is 5.10 Å². The van der Waals surface area contributed by atoms with Crippen LogP contribution < -0.4 is 5.43 Å². The van der Waals surface area contributed by atoms with Crippen molar-refractivity contribution in [2.45, 2.75) is 6.18 Å². The van der Waals surface area contributed by atoms with Gasteiger partial charge in [0.05, 0.1) is 23.4 Å². The first-order valence-electron chi connectivity index (χ1n) is 6.41. The summed E-state index contributed by atoms with van der Waals surface area (Å²) in [6.45, 7) is 0. The molecule has 0 aromatic heterocycles. The quantitative estimate of drug-likeness (QED) is 0.697. The number of amides is 1. The molecule has 1 N–H and O–H groups in total. The molecule has 0 aliphatic rings. The third-order valence-electron chi connectivity index (χ3n) is 2.87. The topological polar surface area (TPSA) is 65.2 Å². The molecule has 0 fully saturated rings. The normalized spacial score (nSPS) is 11.2. The summed E-state index contributed by atoms with van der Waals surface area (Å²) in [7, 11) is 0. The van der Waals surface area contributed by atoms with Crippen molar-refractivity contribution in [1.82, 2.24) is 5.43 Å². The van der Waals surface area contributed by atoms with Crippen LogP contribution in [0.25, 0.3) is 0 Å². The lowest BCUT2D eigenvalue weighted by molar-refractivity contribution is -0.137. The maximum absolute atomic E-state index is 12.4. The van der Waals surface area contributed by atoms with Crippen molar-refractivity contribution in [3.05, 3.63) is 70.8 Å². The third kappa shape index (κ3) is 4.41. The van der Waals surface area contributed by atoms with E-state index in [-0.39, 0.29) is 5.56 Å². The highest BCUT2D eigenvalue weighted by molar-refractivity contribution is 5.94. The molecule has 0 saturated heterocycles. The monoisotopic (exact) mass is 317 g/mol. The van der Waals surface area contributed by atoms with Gasteiger partial charge in [-0.05, 0) is 42.0 Å². The summed E-state index contributed by atoms with van der Waals surface area (Å²) in [4.78, 5) is 11.8. The number of alkyl halides is 3. The maximum atomic E-state index is 12.4. The predicted octanol–water partition coefficient (Wildman–Crippen LogP) is 3.34. The predicted molar refractivity (Wildman–Crippen MR) is 77.7 cm³/mol. The number of hydrogen-bond donors (Lipinski definition) is 1. The smallest absolute Gasteiger partial charge is 0.267 e. The molecule has 0 spiro atoms. The Bertz CT molecular complexity index is 774. The summed E-state index contributed by atoms with van der Waals surface area (Å²) in [5.74, 6) is -0.633. The van der Waals surface area contributed by atoms with Crippen molar-refractivity contribution < 1.29 is 18.0 Å². The summed E-state index contributed by atoms with van der Waals surface area (Å²) in [5.41, 5.74) is 2.49. The summed E-state index contributed by atoms with van der Waals surface area (Å²) in [5, 5.41) is 12.5. The minimum Gasteiger partial charge on any atom is -0.267 e. The standard InChI is InChI=1S/C16H10F3N3O/c17-16(18,19)14-6-4-13(5-7-14)15(23)22-21-10-12-3-1-2-11(8-12)9-20/h1-8,10H,(H,22,23). The lowest BCUT2D eigenvalue weighted by atomic mass is 10.1. The highest BCUT2D eigenvalue weighted by Crippen LogP contribution is 2.29. The SMILES string of the molecule is N#Cc1cccc(C=NNC(=O)c2ccc(C(F)(F)F)cc2)c1. The van der Waals surface area contributed by atoms with Gasteiger partial charge >= 0.3 is 6.18 Å². The van der Waals surface area contributed by atoms with E-state index in [1.54, 1.807) is 24.3 Å².